The zero-order valence-electron chi connectivity index (χ0n) is 15.3. The van der Waals surface area contributed by atoms with E-state index in [9.17, 15) is 30.7 Å². The van der Waals surface area contributed by atoms with Crippen molar-refractivity contribution in [3.05, 3.63) is 54.6 Å². The quantitative estimate of drug-likeness (QED) is 0.395. The van der Waals surface area contributed by atoms with Crippen molar-refractivity contribution in [1.82, 2.24) is 0 Å². The van der Waals surface area contributed by atoms with Crippen LogP contribution in [0, 0.1) is 0 Å². The first-order chi connectivity index (χ1) is 14.0. The monoisotopic (exact) mass is 449 g/mol. The zero-order chi connectivity index (χ0) is 22.1. The fourth-order valence-corrected chi connectivity index (χ4v) is 4.38. The molecule has 0 unspecified atom stereocenters. The predicted octanol–water partition coefficient (Wildman–Crippen LogP) is 3.71. The van der Waals surface area contributed by atoms with Gasteiger partial charge in [-0.25, -0.2) is 0 Å². The summed E-state index contributed by atoms with van der Waals surface area (Å²) in [6, 6.07) is 12.9. The molecule has 3 aromatic rings. The number of nitrogens with one attached hydrogen (secondary N) is 1. The third kappa shape index (κ3) is 4.52. The van der Waals surface area contributed by atoms with E-state index in [0.717, 1.165) is 6.07 Å². The number of fused-ring (bicyclic) bond motifs is 1. The molecule has 3 rings (SSSR count). The van der Waals surface area contributed by atoms with Gasteiger partial charge in [0.15, 0.2) is 0 Å². The second-order valence-corrected chi connectivity index (χ2v) is 8.87. The number of carbonyl (C=O) groups excluding carboxylic acids is 1. The van der Waals surface area contributed by atoms with Gasteiger partial charge in [0.25, 0.3) is 20.2 Å². The van der Waals surface area contributed by atoms with E-state index >= 15 is 0 Å². The van der Waals surface area contributed by atoms with Crippen LogP contribution in [0.5, 0.6) is 0 Å². The van der Waals surface area contributed by atoms with Gasteiger partial charge in [0.05, 0.1) is 5.69 Å². The summed E-state index contributed by atoms with van der Waals surface area (Å²) >= 11 is 0. The van der Waals surface area contributed by atoms with Crippen LogP contribution < -0.4 is 5.32 Å². The highest BCUT2D eigenvalue weighted by Crippen LogP contribution is 2.39. The van der Waals surface area contributed by atoms with Gasteiger partial charge in [0.1, 0.15) is 21.2 Å². The molecule has 0 fully saturated rings. The van der Waals surface area contributed by atoms with E-state index in [4.69, 9.17) is 0 Å². The van der Waals surface area contributed by atoms with E-state index < -0.39 is 41.6 Å². The summed E-state index contributed by atoms with van der Waals surface area (Å²) in [5.74, 6) is -0.402. The van der Waals surface area contributed by atoms with Gasteiger partial charge in [-0.05, 0) is 23.6 Å². The van der Waals surface area contributed by atoms with Crippen LogP contribution in [-0.4, -0.2) is 31.8 Å². The van der Waals surface area contributed by atoms with Crippen LogP contribution in [0.1, 0.15) is 6.92 Å². The molecular formula is C18H15N3O7S2. The average molecular weight is 449 g/mol. The lowest BCUT2D eigenvalue weighted by atomic mass is 10.1. The molecule has 0 radical (unpaired) electrons. The van der Waals surface area contributed by atoms with Gasteiger partial charge < -0.3 is 5.32 Å². The van der Waals surface area contributed by atoms with Crippen LogP contribution in [0.15, 0.2) is 74.6 Å². The molecule has 3 N–H and O–H groups in total. The van der Waals surface area contributed by atoms with Gasteiger partial charge in [-0.3, -0.25) is 13.9 Å². The number of hydrogen-bond donors (Lipinski definition) is 3. The fourth-order valence-electron chi connectivity index (χ4n) is 2.79. The number of para-hydroxylation sites is 1. The Morgan fingerprint density at radius 1 is 0.900 bits per heavy atom. The van der Waals surface area contributed by atoms with Crippen molar-refractivity contribution in [2.45, 2.75) is 16.7 Å². The maximum atomic E-state index is 12.1. The third-order valence-corrected chi connectivity index (χ3v) is 5.75. The first-order valence-corrected chi connectivity index (χ1v) is 11.2. The standard InChI is InChI=1S/C18H15N3O7S2/c1-11(22)19-14-8-4-5-9-15(14)20-21-17-16(29(23,24)25)10-12-6-2-3-7-13(12)18(17)30(26,27)28/h2-10H,1H3,(H,19,22)(H,23,24,25)(H,26,27,28). The van der Waals surface area contributed by atoms with E-state index in [1.165, 1.54) is 43.3 Å². The molecule has 30 heavy (non-hydrogen) atoms. The lowest BCUT2D eigenvalue weighted by Crippen LogP contribution is -2.06. The van der Waals surface area contributed by atoms with E-state index in [0.29, 0.717) is 0 Å². The Hall–Kier alpha value is -3.19. The third-order valence-electron chi connectivity index (χ3n) is 3.95. The van der Waals surface area contributed by atoms with E-state index in [1.54, 1.807) is 12.1 Å². The van der Waals surface area contributed by atoms with Crippen molar-refractivity contribution in [3.63, 3.8) is 0 Å². The Morgan fingerprint density at radius 2 is 1.53 bits per heavy atom. The molecule has 0 aromatic heterocycles. The smallest absolute Gasteiger partial charge is 0.297 e. The summed E-state index contributed by atoms with van der Waals surface area (Å²) in [5.41, 5.74) is -0.448. The molecule has 0 saturated heterocycles. The van der Waals surface area contributed by atoms with Gasteiger partial charge in [0.2, 0.25) is 5.91 Å². The normalized spacial score (nSPS) is 12.4. The average Bonchev–Trinajstić information content (AvgIpc) is 2.64. The van der Waals surface area contributed by atoms with Crippen LogP contribution in [0.25, 0.3) is 10.8 Å². The van der Waals surface area contributed by atoms with Crippen LogP contribution in [0.2, 0.25) is 0 Å². The number of azo groups is 1. The molecule has 0 heterocycles. The van der Waals surface area contributed by atoms with Crippen molar-refractivity contribution in [1.29, 1.82) is 0 Å². The Kier molecular flexibility index (Phi) is 5.67. The van der Waals surface area contributed by atoms with Gasteiger partial charge >= 0.3 is 0 Å². The number of carbonyl (C=O) groups is 1. The molecule has 156 valence electrons. The molecule has 0 aliphatic carbocycles. The van der Waals surface area contributed by atoms with Crippen LogP contribution in [0.4, 0.5) is 17.1 Å². The number of hydrogen-bond acceptors (Lipinski definition) is 7. The van der Waals surface area contributed by atoms with Gasteiger partial charge in [-0.15, -0.1) is 10.2 Å². The van der Waals surface area contributed by atoms with Crippen molar-refractivity contribution < 1.29 is 30.7 Å². The second kappa shape index (κ2) is 7.91. The Bertz CT molecular complexity index is 1400. The lowest BCUT2D eigenvalue weighted by molar-refractivity contribution is -0.114. The molecule has 3 aromatic carbocycles. The van der Waals surface area contributed by atoms with Crippen molar-refractivity contribution in [3.8, 4) is 0 Å². The van der Waals surface area contributed by atoms with Crippen molar-refractivity contribution >= 4 is 54.0 Å². The maximum absolute atomic E-state index is 12.1. The number of benzene rings is 3. The first kappa shape index (κ1) is 21.5. The van der Waals surface area contributed by atoms with Gasteiger partial charge in [-0.2, -0.15) is 16.8 Å². The summed E-state index contributed by atoms with van der Waals surface area (Å²) < 4.78 is 67.4. The predicted molar refractivity (Wildman–Crippen MR) is 108 cm³/mol. The van der Waals surface area contributed by atoms with E-state index in [-0.39, 0.29) is 22.1 Å². The van der Waals surface area contributed by atoms with E-state index in [2.05, 4.69) is 15.5 Å². The largest absolute Gasteiger partial charge is 0.324 e. The Balaban J connectivity index is 2.36. The molecule has 0 spiro atoms. The summed E-state index contributed by atoms with van der Waals surface area (Å²) in [6.45, 7) is 1.27. The highest BCUT2D eigenvalue weighted by Gasteiger charge is 2.28. The Morgan fingerprint density at radius 3 is 2.17 bits per heavy atom. The molecule has 0 bridgehead atoms. The zero-order valence-corrected chi connectivity index (χ0v) is 17.0. The topological polar surface area (TPSA) is 163 Å². The molecule has 0 aliphatic heterocycles. The molecule has 0 atom stereocenters. The van der Waals surface area contributed by atoms with Crippen LogP contribution >= 0.6 is 0 Å². The highest BCUT2D eigenvalue weighted by atomic mass is 32.2. The minimum absolute atomic E-state index is 0.0171. The number of rotatable bonds is 5. The summed E-state index contributed by atoms with van der Waals surface area (Å²) in [7, 11) is -9.92. The molecule has 1 amide bonds. The number of nitrogens with zero attached hydrogens (tertiary/aromatic N) is 2. The summed E-state index contributed by atoms with van der Waals surface area (Å²) in [4.78, 5) is 9.67. The SMILES string of the molecule is CC(=O)Nc1ccccc1N=Nc1c(S(=O)(=O)O)cc2ccccc2c1S(=O)(=O)O. The maximum Gasteiger partial charge on any atom is 0.297 e. The Labute approximate surface area is 171 Å². The molecule has 12 heteroatoms. The minimum Gasteiger partial charge on any atom is -0.324 e. The van der Waals surface area contributed by atoms with Crippen molar-refractivity contribution in [2.75, 3.05) is 5.32 Å². The summed E-state index contributed by atoms with van der Waals surface area (Å²) in [6.07, 6.45) is 0. The number of amides is 1. The highest BCUT2D eigenvalue weighted by molar-refractivity contribution is 7.87. The molecule has 0 aliphatic rings. The molecular weight excluding hydrogens is 434 g/mol. The molecule has 10 nitrogen and oxygen atoms in total. The second-order valence-electron chi connectivity index (χ2n) is 6.12. The van der Waals surface area contributed by atoms with Crippen molar-refractivity contribution in [2.24, 2.45) is 10.2 Å². The minimum atomic E-state index is -4.98. The van der Waals surface area contributed by atoms with Gasteiger partial charge in [0, 0.05) is 12.3 Å². The lowest BCUT2D eigenvalue weighted by Gasteiger charge is -2.11. The van der Waals surface area contributed by atoms with Gasteiger partial charge in [-0.1, -0.05) is 36.4 Å². The summed E-state index contributed by atoms with van der Waals surface area (Å²) in [5, 5.41) is 10.2. The van der Waals surface area contributed by atoms with Crippen LogP contribution in [-0.2, 0) is 25.0 Å². The first-order valence-electron chi connectivity index (χ1n) is 8.27. The molecule has 0 saturated carbocycles. The number of anilines is 1. The van der Waals surface area contributed by atoms with E-state index in [1.807, 2.05) is 0 Å². The fraction of sp³-hybridized carbons (Fsp3) is 0.0556. The van der Waals surface area contributed by atoms with Crippen LogP contribution in [0.3, 0.4) is 0 Å².